The summed E-state index contributed by atoms with van der Waals surface area (Å²) in [5, 5.41) is 0. The third-order valence-corrected chi connectivity index (χ3v) is 2.35. The number of hydrogen-bond donors (Lipinski definition) is 0. The number of halogens is 6. The molecule has 0 saturated heterocycles. The molecule has 0 unspecified atom stereocenters. The first kappa shape index (κ1) is 13.8. The Kier molecular flexibility index (Phi) is 3.42. The molecule has 1 aromatic heterocycles. The largest absolute Gasteiger partial charge is 0.418 e. The van der Waals surface area contributed by atoms with Gasteiger partial charge in [-0.3, -0.25) is 4.57 Å². The van der Waals surface area contributed by atoms with E-state index in [0.29, 0.717) is 6.20 Å². The summed E-state index contributed by atoms with van der Waals surface area (Å²) in [6.45, 7) is 3.21. The lowest BCUT2D eigenvalue weighted by molar-refractivity contribution is -0.274. The van der Waals surface area contributed by atoms with Crippen molar-refractivity contribution >= 4 is 18.4 Å². The van der Waals surface area contributed by atoms with Crippen LogP contribution in [-0.4, -0.2) is 21.5 Å². The van der Waals surface area contributed by atoms with E-state index in [4.69, 9.17) is 0 Å². The molecule has 1 aromatic rings. The van der Waals surface area contributed by atoms with Crippen LogP contribution in [0, 0.1) is 4.77 Å². The highest BCUT2D eigenvalue weighted by molar-refractivity contribution is 7.71. The number of hydrogen-bond acceptors (Lipinski definition) is 1. The molecule has 9 heteroatoms. The lowest BCUT2D eigenvalue weighted by Crippen LogP contribution is -2.38. The Morgan fingerprint density at radius 3 is 1.88 bits per heavy atom. The van der Waals surface area contributed by atoms with Gasteiger partial charge in [0.1, 0.15) is 0 Å². The topological polar surface area (TPSA) is 9.86 Å². The van der Waals surface area contributed by atoms with Crippen LogP contribution in [0.4, 0.5) is 26.3 Å². The van der Waals surface area contributed by atoms with E-state index in [1.165, 1.54) is 0 Å². The Bertz CT molecular complexity index is 452. The number of imidazole rings is 1. The Morgan fingerprint density at radius 2 is 1.59 bits per heavy atom. The van der Waals surface area contributed by atoms with Crippen molar-refractivity contribution in [3.05, 3.63) is 23.7 Å². The van der Waals surface area contributed by atoms with E-state index in [1.54, 1.807) is 0 Å². The van der Waals surface area contributed by atoms with E-state index in [2.05, 4.69) is 18.8 Å². The molecular weight excluding hydrogens is 270 g/mol. The zero-order chi connectivity index (χ0) is 13.4. The summed E-state index contributed by atoms with van der Waals surface area (Å²) in [4.78, 5) is 0. The van der Waals surface area contributed by atoms with Crippen LogP contribution in [0.1, 0.15) is 6.04 Å². The molecule has 2 nitrogen and oxygen atoms in total. The molecule has 96 valence electrons. The molecule has 0 aromatic carbocycles. The number of aromatic nitrogens is 2. The quantitative estimate of drug-likeness (QED) is 0.590. The van der Waals surface area contributed by atoms with Gasteiger partial charge in [-0.05, 0) is 12.2 Å². The molecule has 0 bridgehead atoms. The minimum atomic E-state index is -5.47. The fraction of sp³-hybridized carbons (Fsp3) is 0.375. The van der Waals surface area contributed by atoms with E-state index >= 15 is 0 Å². The van der Waals surface area contributed by atoms with Gasteiger partial charge in [0.25, 0.3) is 0 Å². The Morgan fingerprint density at radius 1 is 1.12 bits per heavy atom. The summed E-state index contributed by atoms with van der Waals surface area (Å²) >= 11 is 4.49. The van der Waals surface area contributed by atoms with Crippen molar-refractivity contribution in [3.63, 3.8) is 0 Å². The van der Waals surface area contributed by atoms with Crippen molar-refractivity contribution in [2.24, 2.45) is 0 Å². The first-order valence-corrected chi connectivity index (χ1v) is 4.55. The Hall–Kier alpha value is -1.25. The third kappa shape index (κ3) is 2.71. The number of nitrogens with zero attached hydrogens (tertiary/aromatic N) is 2. The molecule has 17 heavy (non-hydrogen) atoms. The molecule has 0 saturated carbocycles. The zero-order valence-electron chi connectivity index (χ0n) is 8.09. The highest BCUT2D eigenvalue weighted by Crippen LogP contribution is 2.43. The van der Waals surface area contributed by atoms with E-state index in [9.17, 15) is 26.3 Å². The average Bonchev–Trinajstić information content (AvgIpc) is 2.43. The summed E-state index contributed by atoms with van der Waals surface area (Å²) in [6, 6.07) is -3.65. The maximum atomic E-state index is 12.4. The van der Waals surface area contributed by atoms with Crippen molar-refractivity contribution in [1.29, 1.82) is 0 Å². The molecule has 0 aliphatic carbocycles. The molecule has 0 amide bonds. The van der Waals surface area contributed by atoms with Crippen LogP contribution in [0.3, 0.4) is 0 Å². The van der Waals surface area contributed by atoms with Crippen LogP contribution in [0.5, 0.6) is 0 Å². The van der Waals surface area contributed by atoms with Gasteiger partial charge in [0.05, 0.1) is 0 Å². The van der Waals surface area contributed by atoms with Crippen molar-refractivity contribution in [3.8, 4) is 0 Å². The van der Waals surface area contributed by atoms with Gasteiger partial charge in [0, 0.05) is 18.6 Å². The van der Waals surface area contributed by atoms with Gasteiger partial charge in [0.2, 0.25) is 6.04 Å². The number of alkyl halides is 6. The lowest BCUT2D eigenvalue weighted by Gasteiger charge is -2.23. The van der Waals surface area contributed by atoms with E-state index in [0.717, 1.165) is 17.0 Å². The van der Waals surface area contributed by atoms with E-state index in [-0.39, 0.29) is 4.57 Å². The van der Waals surface area contributed by atoms with Crippen LogP contribution in [0.25, 0.3) is 6.20 Å². The Labute approximate surface area is 96.8 Å². The SMILES string of the molecule is C=Cn1ccn(C(C(F)(F)F)C(F)(F)F)c1=S. The molecule has 0 N–H and O–H groups in total. The second-order valence-corrected chi connectivity index (χ2v) is 3.43. The molecule has 1 rings (SSSR count). The first-order valence-electron chi connectivity index (χ1n) is 4.14. The average molecular weight is 276 g/mol. The van der Waals surface area contributed by atoms with Crippen LogP contribution in [0.15, 0.2) is 19.0 Å². The van der Waals surface area contributed by atoms with E-state index < -0.39 is 23.2 Å². The van der Waals surface area contributed by atoms with Crippen molar-refractivity contribution in [1.82, 2.24) is 9.13 Å². The molecular formula is C8H6F6N2S. The van der Waals surface area contributed by atoms with Crippen LogP contribution < -0.4 is 0 Å². The minimum Gasteiger partial charge on any atom is -0.303 e. The van der Waals surface area contributed by atoms with Crippen molar-refractivity contribution in [2.75, 3.05) is 0 Å². The molecule has 0 atom stereocenters. The second-order valence-electron chi connectivity index (χ2n) is 3.06. The highest BCUT2D eigenvalue weighted by atomic mass is 32.1. The van der Waals surface area contributed by atoms with Gasteiger partial charge >= 0.3 is 12.4 Å². The van der Waals surface area contributed by atoms with E-state index in [1.807, 2.05) is 0 Å². The zero-order valence-corrected chi connectivity index (χ0v) is 8.90. The molecule has 0 radical (unpaired) electrons. The van der Waals surface area contributed by atoms with Gasteiger partial charge in [0.15, 0.2) is 4.77 Å². The number of rotatable bonds is 2. The monoisotopic (exact) mass is 276 g/mol. The fourth-order valence-corrected chi connectivity index (χ4v) is 1.54. The molecule has 1 heterocycles. The minimum absolute atomic E-state index is 0.0585. The van der Waals surface area contributed by atoms with Crippen LogP contribution in [0.2, 0.25) is 0 Å². The molecule has 0 spiro atoms. The van der Waals surface area contributed by atoms with Gasteiger partial charge < -0.3 is 4.57 Å². The predicted octanol–water partition coefficient (Wildman–Crippen LogP) is 3.79. The van der Waals surface area contributed by atoms with Crippen LogP contribution in [-0.2, 0) is 0 Å². The van der Waals surface area contributed by atoms with Crippen molar-refractivity contribution in [2.45, 2.75) is 18.4 Å². The van der Waals surface area contributed by atoms with Gasteiger partial charge in [-0.2, -0.15) is 26.3 Å². The van der Waals surface area contributed by atoms with Crippen molar-refractivity contribution < 1.29 is 26.3 Å². The molecule has 0 fully saturated rings. The fourth-order valence-electron chi connectivity index (χ4n) is 1.24. The van der Waals surface area contributed by atoms with Gasteiger partial charge in [-0.25, -0.2) is 0 Å². The third-order valence-electron chi connectivity index (χ3n) is 1.92. The molecule has 0 aliphatic heterocycles. The summed E-state index contributed by atoms with van der Waals surface area (Å²) in [5.74, 6) is 0. The summed E-state index contributed by atoms with van der Waals surface area (Å²) in [6.07, 6.45) is -8.33. The first-order chi connectivity index (χ1) is 7.59. The van der Waals surface area contributed by atoms with Crippen LogP contribution >= 0.6 is 12.2 Å². The highest BCUT2D eigenvalue weighted by Gasteiger charge is 2.58. The standard InChI is InChI=1S/C8H6F6N2S/c1-2-15-3-4-16(6(15)17)5(7(9,10)11)8(12,13)14/h2-5H,1H2. The summed E-state index contributed by atoms with van der Waals surface area (Å²) in [7, 11) is 0. The summed E-state index contributed by atoms with van der Waals surface area (Å²) < 4.78 is 74.4. The Balaban J connectivity index is 3.39. The summed E-state index contributed by atoms with van der Waals surface area (Å²) in [5.41, 5.74) is 0. The second kappa shape index (κ2) is 4.21. The smallest absolute Gasteiger partial charge is 0.303 e. The maximum Gasteiger partial charge on any atom is 0.418 e. The predicted molar refractivity (Wildman–Crippen MR) is 50.8 cm³/mol. The van der Waals surface area contributed by atoms with Gasteiger partial charge in [-0.15, -0.1) is 0 Å². The normalized spacial score (nSPS) is 13.1. The van der Waals surface area contributed by atoms with Gasteiger partial charge in [-0.1, -0.05) is 6.58 Å². The molecule has 0 aliphatic rings. The lowest BCUT2D eigenvalue weighted by atomic mass is 10.3. The maximum absolute atomic E-state index is 12.4.